The molecule has 1 fully saturated rings. The molecule has 3 aromatic rings. The molecular weight excluding hydrogens is 362 g/mol. The smallest absolute Gasteiger partial charge is 0.265 e. The number of nitrogens with one attached hydrogen (secondary N) is 1. The summed E-state index contributed by atoms with van der Waals surface area (Å²) in [7, 11) is 0. The van der Waals surface area contributed by atoms with E-state index < -0.39 is 0 Å². The molecule has 1 aliphatic rings. The van der Waals surface area contributed by atoms with Gasteiger partial charge in [-0.3, -0.25) is 14.2 Å². The molecule has 0 radical (unpaired) electrons. The number of hydrogen-bond donors (Lipinski definition) is 1. The van der Waals surface area contributed by atoms with Crippen molar-refractivity contribution in [2.45, 2.75) is 52.4 Å². The average molecular weight is 389 g/mol. The lowest BCUT2D eigenvalue weighted by Crippen LogP contribution is -2.22. The van der Waals surface area contributed by atoms with Crippen molar-refractivity contribution < 1.29 is 4.79 Å². The van der Waals surface area contributed by atoms with Gasteiger partial charge in [-0.05, 0) is 68.5 Å². The molecule has 0 aliphatic heterocycles. The highest BCUT2D eigenvalue weighted by atomic mass is 16.1. The van der Waals surface area contributed by atoms with Crippen molar-refractivity contribution in [3.8, 4) is 5.69 Å². The van der Waals surface area contributed by atoms with Crippen LogP contribution in [0.25, 0.3) is 16.6 Å². The van der Waals surface area contributed by atoms with Crippen molar-refractivity contribution >= 4 is 22.5 Å². The lowest BCUT2D eigenvalue weighted by Gasteiger charge is -2.21. The number of rotatable bonds is 4. The van der Waals surface area contributed by atoms with Crippen LogP contribution in [0.5, 0.6) is 0 Å². The number of para-hydroxylation sites is 1. The molecule has 1 amide bonds. The summed E-state index contributed by atoms with van der Waals surface area (Å²) in [6.07, 6.45) is 6.67. The van der Waals surface area contributed by atoms with Gasteiger partial charge in [0.1, 0.15) is 5.82 Å². The van der Waals surface area contributed by atoms with Crippen molar-refractivity contribution in [3.05, 3.63) is 64.2 Å². The molecule has 0 bridgehead atoms. The molecule has 4 rings (SSSR count). The van der Waals surface area contributed by atoms with Gasteiger partial charge >= 0.3 is 0 Å². The van der Waals surface area contributed by atoms with E-state index in [0.29, 0.717) is 29.1 Å². The van der Waals surface area contributed by atoms with E-state index in [-0.39, 0.29) is 11.5 Å². The molecular formula is C24H27N3O2. The number of hydrogen-bond acceptors (Lipinski definition) is 3. The summed E-state index contributed by atoms with van der Waals surface area (Å²) >= 11 is 0. The molecule has 0 atom stereocenters. The second-order valence-electron chi connectivity index (χ2n) is 8.07. The quantitative estimate of drug-likeness (QED) is 0.689. The Kier molecular flexibility index (Phi) is 5.47. The fourth-order valence-electron chi connectivity index (χ4n) is 4.33. The normalized spacial score (nSPS) is 14.8. The maximum absolute atomic E-state index is 13.0. The lowest BCUT2D eigenvalue weighted by atomic mass is 9.87. The SMILES string of the molecule is Cc1cc(-n2c(C)nc3ccccc3c2=O)ccc1NC(=O)CC1CCCCC1. The van der Waals surface area contributed by atoms with Gasteiger partial charge in [0.15, 0.2) is 0 Å². The lowest BCUT2D eigenvalue weighted by molar-refractivity contribution is -0.117. The van der Waals surface area contributed by atoms with Crippen LogP contribution in [-0.4, -0.2) is 15.5 Å². The number of aromatic nitrogens is 2. The average Bonchev–Trinajstić information content (AvgIpc) is 2.71. The number of carbonyl (C=O) groups excluding carboxylic acids is 1. The summed E-state index contributed by atoms with van der Waals surface area (Å²) in [4.78, 5) is 30.0. The van der Waals surface area contributed by atoms with E-state index in [2.05, 4.69) is 10.3 Å². The van der Waals surface area contributed by atoms with E-state index in [4.69, 9.17) is 0 Å². The Morgan fingerprint density at radius 2 is 1.86 bits per heavy atom. The standard InChI is InChI=1S/C24H27N3O2/c1-16-14-19(27-17(2)25-22-11-7-6-10-20(22)24(27)29)12-13-21(16)26-23(28)15-18-8-4-3-5-9-18/h6-7,10-14,18H,3-5,8-9,15H2,1-2H3,(H,26,28). The Hall–Kier alpha value is -2.95. The molecule has 29 heavy (non-hydrogen) atoms. The number of amides is 1. The highest BCUT2D eigenvalue weighted by Gasteiger charge is 2.18. The summed E-state index contributed by atoms with van der Waals surface area (Å²) in [5.41, 5.74) is 3.11. The Bertz CT molecular complexity index is 1110. The number of nitrogens with zero attached hydrogens (tertiary/aromatic N) is 2. The third kappa shape index (κ3) is 4.09. The van der Waals surface area contributed by atoms with Crippen LogP contribution < -0.4 is 10.9 Å². The Morgan fingerprint density at radius 1 is 1.10 bits per heavy atom. The molecule has 1 N–H and O–H groups in total. The first kappa shape index (κ1) is 19.4. The zero-order valence-corrected chi connectivity index (χ0v) is 17.1. The van der Waals surface area contributed by atoms with E-state index in [1.807, 2.05) is 50.2 Å². The molecule has 1 saturated carbocycles. The third-order valence-electron chi connectivity index (χ3n) is 5.88. The molecule has 5 heteroatoms. The van der Waals surface area contributed by atoms with E-state index in [0.717, 1.165) is 29.8 Å². The van der Waals surface area contributed by atoms with Gasteiger partial charge in [-0.1, -0.05) is 31.4 Å². The van der Waals surface area contributed by atoms with Crippen molar-refractivity contribution in [1.29, 1.82) is 0 Å². The topological polar surface area (TPSA) is 64.0 Å². The first-order chi connectivity index (χ1) is 14.0. The van der Waals surface area contributed by atoms with Crippen molar-refractivity contribution in [3.63, 3.8) is 0 Å². The molecule has 150 valence electrons. The van der Waals surface area contributed by atoms with Gasteiger partial charge in [0, 0.05) is 12.1 Å². The summed E-state index contributed by atoms with van der Waals surface area (Å²) in [6, 6.07) is 13.1. The number of benzene rings is 2. The van der Waals surface area contributed by atoms with Crippen LogP contribution in [-0.2, 0) is 4.79 Å². The van der Waals surface area contributed by atoms with Crippen LogP contribution in [0.1, 0.15) is 49.9 Å². The maximum Gasteiger partial charge on any atom is 0.265 e. The van der Waals surface area contributed by atoms with Gasteiger partial charge in [0.05, 0.1) is 16.6 Å². The summed E-state index contributed by atoms with van der Waals surface area (Å²) < 4.78 is 1.63. The molecule has 2 aromatic carbocycles. The van der Waals surface area contributed by atoms with Gasteiger partial charge in [-0.15, -0.1) is 0 Å². The Balaban J connectivity index is 1.58. The summed E-state index contributed by atoms with van der Waals surface area (Å²) in [6.45, 7) is 3.79. The summed E-state index contributed by atoms with van der Waals surface area (Å²) in [5, 5.41) is 3.65. The highest BCUT2D eigenvalue weighted by Crippen LogP contribution is 2.27. The van der Waals surface area contributed by atoms with Crippen LogP contribution in [0, 0.1) is 19.8 Å². The molecule has 0 saturated heterocycles. The van der Waals surface area contributed by atoms with Gasteiger partial charge in [-0.25, -0.2) is 4.98 Å². The van der Waals surface area contributed by atoms with Crippen molar-refractivity contribution in [1.82, 2.24) is 9.55 Å². The number of anilines is 1. The van der Waals surface area contributed by atoms with Gasteiger partial charge in [-0.2, -0.15) is 0 Å². The van der Waals surface area contributed by atoms with Crippen LogP contribution >= 0.6 is 0 Å². The monoisotopic (exact) mass is 389 g/mol. The number of fused-ring (bicyclic) bond motifs is 1. The third-order valence-corrected chi connectivity index (χ3v) is 5.88. The van der Waals surface area contributed by atoms with E-state index in [1.165, 1.54) is 19.3 Å². The molecule has 5 nitrogen and oxygen atoms in total. The van der Waals surface area contributed by atoms with E-state index in [1.54, 1.807) is 10.6 Å². The zero-order chi connectivity index (χ0) is 20.4. The van der Waals surface area contributed by atoms with Gasteiger partial charge in [0.2, 0.25) is 5.91 Å². The van der Waals surface area contributed by atoms with Crippen LogP contribution in [0.2, 0.25) is 0 Å². The minimum absolute atomic E-state index is 0.0773. The molecule has 0 spiro atoms. The second-order valence-corrected chi connectivity index (χ2v) is 8.07. The highest BCUT2D eigenvalue weighted by molar-refractivity contribution is 5.91. The zero-order valence-electron chi connectivity index (χ0n) is 17.1. The van der Waals surface area contributed by atoms with Crippen LogP contribution in [0.15, 0.2) is 47.3 Å². The van der Waals surface area contributed by atoms with Gasteiger partial charge in [0.25, 0.3) is 5.56 Å². The molecule has 1 aromatic heterocycles. The second kappa shape index (κ2) is 8.19. The van der Waals surface area contributed by atoms with Crippen molar-refractivity contribution in [2.24, 2.45) is 5.92 Å². The number of carbonyl (C=O) groups is 1. The maximum atomic E-state index is 13.0. The van der Waals surface area contributed by atoms with Crippen LogP contribution in [0.3, 0.4) is 0 Å². The predicted molar refractivity (Wildman–Crippen MR) is 117 cm³/mol. The summed E-state index contributed by atoms with van der Waals surface area (Å²) in [5.74, 6) is 1.23. The fraction of sp³-hybridized carbons (Fsp3) is 0.375. The first-order valence-electron chi connectivity index (χ1n) is 10.4. The molecule has 1 aliphatic carbocycles. The molecule has 1 heterocycles. The Labute approximate surface area is 170 Å². The largest absolute Gasteiger partial charge is 0.326 e. The predicted octanol–water partition coefficient (Wildman–Crippen LogP) is 4.91. The van der Waals surface area contributed by atoms with Crippen molar-refractivity contribution in [2.75, 3.05) is 5.32 Å². The minimum atomic E-state index is -0.0819. The Morgan fingerprint density at radius 3 is 2.62 bits per heavy atom. The molecule has 0 unspecified atom stereocenters. The number of aryl methyl sites for hydroxylation is 2. The van der Waals surface area contributed by atoms with Gasteiger partial charge < -0.3 is 5.32 Å². The van der Waals surface area contributed by atoms with Crippen LogP contribution in [0.4, 0.5) is 5.69 Å². The fourth-order valence-corrected chi connectivity index (χ4v) is 4.33. The first-order valence-corrected chi connectivity index (χ1v) is 10.4. The van der Waals surface area contributed by atoms with E-state index >= 15 is 0 Å². The minimum Gasteiger partial charge on any atom is -0.326 e. The van der Waals surface area contributed by atoms with E-state index in [9.17, 15) is 9.59 Å².